The Labute approximate surface area is 163 Å². The van der Waals surface area contributed by atoms with E-state index in [1.807, 2.05) is 18.2 Å². The zero-order chi connectivity index (χ0) is 20.0. The van der Waals surface area contributed by atoms with Crippen LogP contribution < -0.4 is 0 Å². The molecule has 1 aliphatic heterocycles. The molecule has 2 N–H and O–H groups in total. The normalized spacial score (nSPS) is 20.3. The van der Waals surface area contributed by atoms with Crippen molar-refractivity contribution in [2.45, 2.75) is 83.3 Å². The quantitative estimate of drug-likeness (QED) is 0.555. The molecular formula is C23H33NO3. The summed E-state index contributed by atoms with van der Waals surface area (Å²) >= 11 is 0. The summed E-state index contributed by atoms with van der Waals surface area (Å²) in [4.78, 5) is 13.7. The lowest BCUT2D eigenvalue weighted by Gasteiger charge is -2.37. The topological polar surface area (TPSA) is 60.8 Å². The van der Waals surface area contributed by atoms with Gasteiger partial charge in [-0.1, -0.05) is 58.6 Å². The van der Waals surface area contributed by atoms with Crippen LogP contribution >= 0.6 is 0 Å². The van der Waals surface area contributed by atoms with Crippen molar-refractivity contribution in [3.8, 4) is 18.1 Å². The molecule has 0 saturated carbocycles. The van der Waals surface area contributed by atoms with Crippen LogP contribution in [0.2, 0.25) is 0 Å². The summed E-state index contributed by atoms with van der Waals surface area (Å²) in [5, 5.41) is 20.8. The fourth-order valence-corrected chi connectivity index (χ4v) is 3.95. The molecule has 2 rings (SSSR count). The first kappa shape index (κ1) is 21.3. The van der Waals surface area contributed by atoms with E-state index in [1.165, 1.54) is 25.7 Å². The van der Waals surface area contributed by atoms with Crippen LogP contribution in [0.3, 0.4) is 0 Å². The van der Waals surface area contributed by atoms with Crippen molar-refractivity contribution in [2.75, 3.05) is 6.54 Å². The molecule has 1 aromatic carbocycles. The molecule has 0 spiro atoms. The van der Waals surface area contributed by atoms with Crippen LogP contribution in [0.25, 0.3) is 0 Å². The Kier molecular flexibility index (Phi) is 7.33. The van der Waals surface area contributed by atoms with Crippen LogP contribution in [0.1, 0.15) is 82.9 Å². The Hall–Kier alpha value is -1.99. The summed E-state index contributed by atoms with van der Waals surface area (Å²) in [6.07, 6.45) is 11.6. The Morgan fingerprint density at radius 1 is 1.33 bits per heavy atom. The summed E-state index contributed by atoms with van der Waals surface area (Å²) < 4.78 is 0. The van der Waals surface area contributed by atoms with Gasteiger partial charge in [0.1, 0.15) is 5.75 Å². The molecule has 0 bridgehead atoms. The van der Waals surface area contributed by atoms with E-state index in [-0.39, 0.29) is 17.2 Å². The molecule has 1 saturated heterocycles. The fourth-order valence-electron chi connectivity index (χ4n) is 3.95. The van der Waals surface area contributed by atoms with E-state index < -0.39 is 12.0 Å². The predicted octanol–water partition coefficient (Wildman–Crippen LogP) is 4.30. The number of hydrogen-bond acceptors (Lipinski definition) is 3. The second-order valence-electron chi connectivity index (χ2n) is 8.31. The van der Waals surface area contributed by atoms with E-state index >= 15 is 0 Å². The van der Waals surface area contributed by atoms with Gasteiger partial charge in [0.05, 0.1) is 12.1 Å². The van der Waals surface area contributed by atoms with Crippen molar-refractivity contribution in [3.05, 3.63) is 29.3 Å². The van der Waals surface area contributed by atoms with Gasteiger partial charge in [-0.2, -0.15) is 0 Å². The summed E-state index contributed by atoms with van der Waals surface area (Å²) in [6.45, 7) is 7.01. The number of benzene rings is 1. The monoisotopic (exact) mass is 371 g/mol. The second-order valence-corrected chi connectivity index (χ2v) is 8.31. The molecule has 1 fully saturated rings. The molecule has 1 aromatic rings. The highest BCUT2D eigenvalue weighted by atomic mass is 16.3. The van der Waals surface area contributed by atoms with Crippen LogP contribution in [-0.2, 0) is 10.2 Å². The maximum atomic E-state index is 12.1. The van der Waals surface area contributed by atoms with Crippen molar-refractivity contribution >= 4 is 5.91 Å². The van der Waals surface area contributed by atoms with Gasteiger partial charge in [0, 0.05) is 12.1 Å². The van der Waals surface area contributed by atoms with Gasteiger partial charge in [-0.25, -0.2) is 0 Å². The number of phenols is 1. The molecule has 1 heterocycles. The Morgan fingerprint density at radius 3 is 2.70 bits per heavy atom. The first-order chi connectivity index (χ1) is 12.8. The minimum absolute atomic E-state index is 0.0237. The second kappa shape index (κ2) is 9.28. The number of aliphatic hydroxyl groups is 1. The molecule has 4 heteroatoms. The van der Waals surface area contributed by atoms with Crippen molar-refractivity contribution in [1.82, 2.24) is 4.90 Å². The summed E-state index contributed by atoms with van der Waals surface area (Å²) in [5.41, 5.74) is 1.72. The largest absolute Gasteiger partial charge is 0.508 e. The first-order valence-corrected chi connectivity index (χ1v) is 10.1. The molecule has 0 aromatic heterocycles. The minimum atomic E-state index is -0.495. The van der Waals surface area contributed by atoms with Crippen LogP contribution in [0, 0.1) is 12.3 Å². The number of terminal acetylenes is 1. The van der Waals surface area contributed by atoms with E-state index in [0.29, 0.717) is 24.9 Å². The van der Waals surface area contributed by atoms with E-state index in [9.17, 15) is 15.0 Å². The van der Waals surface area contributed by atoms with Crippen LogP contribution in [0.4, 0.5) is 0 Å². The number of carbonyl (C=O) groups excluding carboxylic acids is 1. The molecule has 27 heavy (non-hydrogen) atoms. The molecule has 4 nitrogen and oxygen atoms in total. The molecule has 1 aliphatic rings. The van der Waals surface area contributed by atoms with Gasteiger partial charge < -0.3 is 15.1 Å². The van der Waals surface area contributed by atoms with Crippen molar-refractivity contribution in [1.29, 1.82) is 0 Å². The average molecular weight is 372 g/mol. The maximum Gasteiger partial charge on any atom is 0.298 e. The molecule has 0 aliphatic carbocycles. The number of piperidine rings is 1. The van der Waals surface area contributed by atoms with E-state index in [4.69, 9.17) is 6.42 Å². The van der Waals surface area contributed by atoms with E-state index in [2.05, 4.69) is 26.7 Å². The third kappa shape index (κ3) is 5.26. The number of hydrogen-bond donors (Lipinski definition) is 2. The molecule has 2 atom stereocenters. The van der Waals surface area contributed by atoms with E-state index in [1.54, 1.807) is 4.90 Å². The number of rotatable bonds is 7. The third-order valence-electron chi connectivity index (χ3n) is 5.79. The minimum Gasteiger partial charge on any atom is -0.508 e. The Bertz CT molecular complexity index is 689. The number of nitrogens with zero attached hydrogens (tertiary/aromatic N) is 1. The smallest absolute Gasteiger partial charge is 0.298 e. The highest BCUT2D eigenvalue weighted by Crippen LogP contribution is 2.39. The van der Waals surface area contributed by atoms with Crippen molar-refractivity contribution in [2.24, 2.45) is 0 Å². The van der Waals surface area contributed by atoms with Gasteiger partial charge in [0.2, 0.25) is 0 Å². The third-order valence-corrected chi connectivity index (χ3v) is 5.79. The molecule has 1 amide bonds. The summed E-state index contributed by atoms with van der Waals surface area (Å²) in [7, 11) is 0. The van der Waals surface area contributed by atoms with Gasteiger partial charge in [-0.15, -0.1) is 6.42 Å². The van der Waals surface area contributed by atoms with Gasteiger partial charge in [-0.05, 0) is 42.2 Å². The van der Waals surface area contributed by atoms with Crippen molar-refractivity contribution in [3.63, 3.8) is 0 Å². The lowest BCUT2D eigenvalue weighted by molar-refractivity contribution is -0.130. The highest BCUT2D eigenvalue weighted by Gasteiger charge is 2.33. The Morgan fingerprint density at radius 2 is 2.07 bits per heavy atom. The van der Waals surface area contributed by atoms with Gasteiger partial charge in [-0.3, -0.25) is 4.79 Å². The van der Waals surface area contributed by atoms with Crippen LogP contribution in [0.5, 0.6) is 5.75 Å². The number of phenolic OH excluding ortho intramolecular Hbond substituents is 1. The number of aliphatic hydroxyl groups excluding tert-OH is 1. The number of likely N-dealkylation sites (tertiary alicyclic amines) is 1. The first-order valence-electron chi connectivity index (χ1n) is 10.1. The lowest BCUT2D eigenvalue weighted by Crippen LogP contribution is -2.42. The van der Waals surface area contributed by atoms with Gasteiger partial charge >= 0.3 is 0 Å². The summed E-state index contributed by atoms with van der Waals surface area (Å²) in [5.74, 6) is 1.93. The number of amides is 1. The van der Waals surface area contributed by atoms with Gasteiger partial charge in [0.15, 0.2) is 0 Å². The zero-order valence-electron chi connectivity index (χ0n) is 16.9. The van der Waals surface area contributed by atoms with E-state index in [0.717, 1.165) is 12.0 Å². The molecule has 0 unspecified atom stereocenters. The number of unbranched alkanes of at least 4 members (excludes halogenated alkanes) is 3. The number of carbonyl (C=O) groups is 1. The lowest BCUT2D eigenvalue weighted by atomic mass is 9.79. The van der Waals surface area contributed by atoms with Crippen LogP contribution in [-0.4, -0.2) is 33.7 Å². The predicted molar refractivity (Wildman–Crippen MR) is 108 cm³/mol. The fraction of sp³-hybridized carbons (Fsp3) is 0.609. The highest BCUT2D eigenvalue weighted by molar-refractivity contribution is 5.93. The number of aromatic hydroxyl groups is 1. The molecular weight excluding hydrogens is 338 g/mol. The summed E-state index contributed by atoms with van der Waals surface area (Å²) in [6, 6.07) is 5.35. The molecule has 148 valence electrons. The molecule has 0 radical (unpaired) electrons. The maximum absolute atomic E-state index is 12.1. The van der Waals surface area contributed by atoms with Crippen molar-refractivity contribution < 1.29 is 15.0 Å². The SMILES string of the molecule is C#CC(=O)N1CC[C@H](O)C[C@@H]1c1ccc(C(C)(C)CCCCCC)cc1O. The zero-order valence-corrected chi connectivity index (χ0v) is 16.9. The van der Waals surface area contributed by atoms with Gasteiger partial charge in [0.25, 0.3) is 5.91 Å². The van der Waals surface area contributed by atoms with Crippen LogP contribution in [0.15, 0.2) is 18.2 Å². The Balaban J connectivity index is 2.21. The average Bonchev–Trinajstić information content (AvgIpc) is 2.64. The standard InChI is InChI=1S/C23H33NO3/c1-5-7-8-9-13-23(3,4)17-10-11-19(21(26)15-17)20-16-18(25)12-14-24(20)22(27)6-2/h2,10-11,15,18,20,25-26H,5,7-9,12-14,16H2,1,3-4H3/t18-,20+/m0/s1.